The maximum atomic E-state index is 11.9. The number of carbonyl (C=O) groups excluding carboxylic acids is 1. The van der Waals surface area contributed by atoms with Crippen LogP contribution in [0.15, 0.2) is 36.7 Å². The van der Waals surface area contributed by atoms with Crippen molar-refractivity contribution >= 4 is 5.91 Å². The summed E-state index contributed by atoms with van der Waals surface area (Å²) in [6.07, 6.45) is 5.18. The third-order valence-electron chi connectivity index (χ3n) is 4.16. The minimum Gasteiger partial charge on any atom is -0.351 e. The Kier molecular flexibility index (Phi) is 4.98. The summed E-state index contributed by atoms with van der Waals surface area (Å²) in [4.78, 5) is 22.6. The van der Waals surface area contributed by atoms with Crippen molar-refractivity contribution in [2.75, 3.05) is 19.6 Å². The molecule has 5 heteroatoms. The zero-order valence-corrected chi connectivity index (χ0v) is 13.5. The van der Waals surface area contributed by atoms with Gasteiger partial charge in [0.25, 0.3) is 5.91 Å². The third kappa shape index (κ3) is 4.13. The lowest BCUT2D eigenvalue weighted by Gasteiger charge is -2.28. The van der Waals surface area contributed by atoms with Crippen LogP contribution in [-0.2, 0) is 13.0 Å². The molecular formula is C18H22N4O. The maximum Gasteiger partial charge on any atom is 0.271 e. The molecule has 1 aliphatic heterocycles. The Morgan fingerprint density at radius 1 is 1.22 bits per heavy atom. The van der Waals surface area contributed by atoms with Gasteiger partial charge < -0.3 is 5.32 Å². The summed E-state index contributed by atoms with van der Waals surface area (Å²) in [5.74, 6) is -0.151. The molecule has 1 amide bonds. The van der Waals surface area contributed by atoms with Gasteiger partial charge in [0.05, 0.1) is 11.9 Å². The first kappa shape index (κ1) is 15.6. The van der Waals surface area contributed by atoms with E-state index in [4.69, 9.17) is 0 Å². The maximum absolute atomic E-state index is 11.9. The molecule has 1 aromatic heterocycles. The van der Waals surface area contributed by atoms with Crippen molar-refractivity contribution in [1.29, 1.82) is 0 Å². The molecule has 5 nitrogen and oxygen atoms in total. The summed E-state index contributed by atoms with van der Waals surface area (Å²) >= 11 is 0. The Morgan fingerprint density at radius 3 is 2.83 bits per heavy atom. The van der Waals surface area contributed by atoms with Gasteiger partial charge in [0.2, 0.25) is 0 Å². The molecule has 0 aliphatic carbocycles. The second-order valence-electron chi connectivity index (χ2n) is 5.95. The van der Waals surface area contributed by atoms with Gasteiger partial charge in [0, 0.05) is 32.4 Å². The molecule has 1 aliphatic rings. The van der Waals surface area contributed by atoms with Gasteiger partial charge in [0.15, 0.2) is 0 Å². The Bertz CT molecular complexity index is 669. The highest BCUT2D eigenvalue weighted by atomic mass is 16.1. The number of hydrogen-bond acceptors (Lipinski definition) is 4. The lowest BCUT2D eigenvalue weighted by Crippen LogP contribution is -2.33. The van der Waals surface area contributed by atoms with E-state index in [2.05, 4.69) is 44.5 Å². The Morgan fingerprint density at radius 2 is 2.04 bits per heavy atom. The molecule has 2 aromatic rings. The number of aromatic nitrogens is 2. The summed E-state index contributed by atoms with van der Waals surface area (Å²) in [5.41, 5.74) is 4.09. The number of carbonyl (C=O) groups is 1. The molecular weight excluding hydrogens is 288 g/mol. The van der Waals surface area contributed by atoms with E-state index in [0.29, 0.717) is 12.2 Å². The summed E-state index contributed by atoms with van der Waals surface area (Å²) in [6.45, 7) is 5.61. The van der Waals surface area contributed by atoms with Crippen molar-refractivity contribution in [2.24, 2.45) is 0 Å². The second-order valence-corrected chi connectivity index (χ2v) is 5.95. The van der Waals surface area contributed by atoms with Crippen molar-refractivity contribution in [3.8, 4) is 0 Å². The van der Waals surface area contributed by atoms with Crippen LogP contribution in [0.1, 0.15) is 33.7 Å². The van der Waals surface area contributed by atoms with Gasteiger partial charge in [-0.05, 0) is 30.9 Å². The quantitative estimate of drug-likeness (QED) is 0.858. The van der Waals surface area contributed by atoms with Crippen molar-refractivity contribution in [2.45, 2.75) is 26.3 Å². The summed E-state index contributed by atoms with van der Waals surface area (Å²) in [5, 5.41) is 2.91. The van der Waals surface area contributed by atoms with Gasteiger partial charge in [-0.3, -0.25) is 14.7 Å². The zero-order valence-electron chi connectivity index (χ0n) is 13.5. The van der Waals surface area contributed by atoms with Crippen LogP contribution in [0.4, 0.5) is 0 Å². The van der Waals surface area contributed by atoms with Crippen molar-refractivity contribution < 1.29 is 4.79 Å². The predicted octanol–water partition coefficient (Wildman–Crippen LogP) is 1.96. The summed E-state index contributed by atoms with van der Waals surface area (Å²) in [7, 11) is 0. The van der Waals surface area contributed by atoms with Crippen LogP contribution >= 0.6 is 0 Å². The number of rotatable bonds is 5. The molecule has 3 rings (SSSR count). The topological polar surface area (TPSA) is 58.1 Å². The lowest BCUT2D eigenvalue weighted by atomic mass is 10.00. The van der Waals surface area contributed by atoms with E-state index in [-0.39, 0.29) is 5.91 Å². The molecule has 0 unspecified atom stereocenters. The molecule has 0 saturated carbocycles. The Balaban J connectivity index is 1.40. The van der Waals surface area contributed by atoms with Crippen LogP contribution < -0.4 is 5.32 Å². The normalized spacial score (nSPS) is 14.3. The molecule has 0 saturated heterocycles. The molecule has 0 radical (unpaired) electrons. The largest absolute Gasteiger partial charge is 0.351 e. The minimum absolute atomic E-state index is 0.151. The number of benzene rings is 1. The highest BCUT2D eigenvalue weighted by molar-refractivity contribution is 5.91. The first-order valence-corrected chi connectivity index (χ1v) is 8.08. The molecule has 23 heavy (non-hydrogen) atoms. The van der Waals surface area contributed by atoms with Gasteiger partial charge in [-0.15, -0.1) is 0 Å². The first-order valence-electron chi connectivity index (χ1n) is 8.08. The van der Waals surface area contributed by atoms with Gasteiger partial charge in [-0.2, -0.15) is 0 Å². The number of nitrogens with zero attached hydrogens (tertiary/aromatic N) is 3. The van der Waals surface area contributed by atoms with E-state index in [1.54, 1.807) is 6.20 Å². The summed E-state index contributed by atoms with van der Waals surface area (Å²) in [6, 6.07) is 8.64. The fourth-order valence-corrected chi connectivity index (χ4v) is 2.85. The molecule has 1 aromatic carbocycles. The smallest absolute Gasteiger partial charge is 0.271 e. The number of amides is 1. The van der Waals surface area contributed by atoms with E-state index in [9.17, 15) is 4.79 Å². The third-order valence-corrected chi connectivity index (χ3v) is 4.16. The van der Waals surface area contributed by atoms with E-state index < -0.39 is 0 Å². The molecule has 1 N–H and O–H groups in total. The number of nitrogens with one attached hydrogen (secondary N) is 1. The van der Waals surface area contributed by atoms with E-state index in [1.165, 1.54) is 17.3 Å². The Labute approximate surface area is 136 Å². The monoisotopic (exact) mass is 310 g/mol. The highest BCUT2D eigenvalue weighted by Gasteiger charge is 2.15. The van der Waals surface area contributed by atoms with Gasteiger partial charge in [0.1, 0.15) is 5.69 Å². The van der Waals surface area contributed by atoms with Gasteiger partial charge in [-0.25, -0.2) is 4.98 Å². The van der Waals surface area contributed by atoms with Crippen LogP contribution in [-0.4, -0.2) is 40.4 Å². The van der Waals surface area contributed by atoms with E-state index >= 15 is 0 Å². The average molecular weight is 310 g/mol. The number of hydrogen-bond donors (Lipinski definition) is 1. The average Bonchev–Trinajstić information content (AvgIpc) is 2.59. The number of aryl methyl sites for hydroxylation is 1. The van der Waals surface area contributed by atoms with Gasteiger partial charge >= 0.3 is 0 Å². The van der Waals surface area contributed by atoms with Crippen LogP contribution in [0.25, 0.3) is 0 Å². The van der Waals surface area contributed by atoms with Crippen molar-refractivity contribution in [3.63, 3.8) is 0 Å². The summed E-state index contributed by atoms with van der Waals surface area (Å²) < 4.78 is 0. The van der Waals surface area contributed by atoms with E-state index in [0.717, 1.165) is 38.2 Å². The van der Waals surface area contributed by atoms with Crippen LogP contribution in [0, 0.1) is 6.92 Å². The molecule has 120 valence electrons. The zero-order chi connectivity index (χ0) is 16.1. The van der Waals surface area contributed by atoms with Crippen LogP contribution in [0.2, 0.25) is 0 Å². The van der Waals surface area contributed by atoms with Crippen molar-refractivity contribution in [1.82, 2.24) is 20.2 Å². The van der Waals surface area contributed by atoms with Crippen LogP contribution in [0.3, 0.4) is 0 Å². The fourth-order valence-electron chi connectivity index (χ4n) is 2.85. The van der Waals surface area contributed by atoms with Crippen LogP contribution in [0.5, 0.6) is 0 Å². The fraction of sp³-hybridized carbons (Fsp3) is 0.389. The molecule has 0 bridgehead atoms. The molecule has 0 fully saturated rings. The predicted molar refractivity (Wildman–Crippen MR) is 89.1 cm³/mol. The SMILES string of the molecule is Cc1cnc(C(=O)NCCCN2CCc3ccccc3C2)cn1. The Hall–Kier alpha value is -2.27. The van der Waals surface area contributed by atoms with E-state index in [1.807, 2.05) is 6.92 Å². The lowest BCUT2D eigenvalue weighted by molar-refractivity contribution is 0.0946. The first-order chi connectivity index (χ1) is 11.2. The standard InChI is InChI=1S/C18H22N4O/c1-14-11-21-17(12-20-14)18(23)19-8-4-9-22-10-7-15-5-2-3-6-16(15)13-22/h2-3,5-6,11-12H,4,7-10,13H2,1H3,(H,19,23). The van der Waals surface area contributed by atoms with Crippen molar-refractivity contribution in [3.05, 3.63) is 59.2 Å². The highest BCUT2D eigenvalue weighted by Crippen LogP contribution is 2.18. The number of fused-ring (bicyclic) bond motifs is 1. The molecule has 0 atom stereocenters. The van der Waals surface area contributed by atoms with Gasteiger partial charge in [-0.1, -0.05) is 24.3 Å². The second kappa shape index (κ2) is 7.33. The minimum atomic E-state index is -0.151. The molecule has 2 heterocycles. The molecule has 0 spiro atoms.